The highest BCUT2D eigenvalue weighted by Crippen LogP contribution is 2.39. The summed E-state index contributed by atoms with van der Waals surface area (Å²) >= 11 is 0. The number of alkyl halides is 3. The Labute approximate surface area is 120 Å². The molecule has 1 amide bonds. The lowest BCUT2D eigenvalue weighted by molar-refractivity contribution is -0.183. The monoisotopic (exact) mass is 298 g/mol. The van der Waals surface area contributed by atoms with E-state index in [1.54, 1.807) is 6.07 Å². The van der Waals surface area contributed by atoms with Crippen molar-refractivity contribution in [3.63, 3.8) is 0 Å². The van der Waals surface area contributed by atoms with Gasteiger partial charge >= 0.3 is 6.18 Å². The molecule has 3 nitrogen and oxygen atoms in total. The van der Waals surface area contributed by atoms with Crippen LogP contribution in [0.15, 0.2) is 24.3 Å². The van der Waals surface area contributed by atoms with Gasteiger partial charge in [-0.1, -0.05) is 24.6 Å². The van der Waals surface area contributed by atoms with Crippen LogP contribution in [0.25, 0.3) is 0 Å². The fourth-order valence-electron chi connectivity index (χ4n) is 3.25. The van der Waals surface area contributed by atoms with Crippen molar-refractivity contribution in [1.82, 2.24) is 5.32 Å². The molecule has 1 aliphatic carbocycles. The van der Waals surface area contributed by atoms with Crippen molar-refractivity contribution < 1.29 is 18.0 Å². The van der Waals surface area contributed by atoms with Crippen LogP contribution in [0.4, 0.5) is 18.9 Å². The highest BCUT2D eigenvalue weighted by molar-refractivity contribution is 6.02. The van der Waals surface area contributed by atoms with E-state index in [2.05, 4.69) is 10.6 Å². The van der Waals surface area contributed by atoms with Gasteiger partial charge in [-0.25, -0.2) is 0 Å². The van der Waals surface area contributed by atoms with Gasteiger partial charge in [-0.2, -0.15) is 13.2 Å². The average molecular weight is 298 g/mol. The van der Waals surface area contributed by atoms with Gasteiger partial charge in [0.05, 0.1) is 5.92 Å². The SMILES string of the molecule is O=C1Nc2ccccc2C1NC1CCCC(C(F)(F)F)C1. The number of fused-ring (bicyclic) bond motifs is 1. The molecule has 1 aliphatic heterocycles. The van der Waals surface area contributed by atoms with Crippen LogP contribution in [0.1, 0.15) is 37.3 Å². The first-order valence-corrected chi connectivity index (χ1v) is 7.17. The van der Waals surface area contributed by atoms with E-state index < -0.39 is 18.1 Å². The number of halogens is 3. The first kappa shape index (κ1) is 14.4. The number of anilines is 1. The minimum absolute atomic E-state index is 0.0510. The zero-order chi connectivity index (χ0) is 15.0. The third kappa shape index (κ3) is 2.90. The van der Waals surface area contributed by atoms with Crippen LogP contribution in [-0.2, 0) is 4.79 Å². The summed E-state index contributed by atoms with van der Waals surface area (Å²) in [7, 11) is 0. The number of rotatable bonds is 2. The second kappa shape index (κ2) is 5.33. The Kier molecular flexibility index (Phi) is 3.65. The van der Waals surface area contributed by atoms with E-state index in [4.69, 9.17) is 0 Å². The Balaban J connectivity index is 1.71. The molecule has 0 spiro atoms. The number of benzene rings is 1. The Hall–Kier alpha value is -1.56. The number of hydrogen-bond donors (Lipinski definition) is 2. The largest absolute Gasteiger partial charge is 0.391 e. The number of para-hydroxylation sites is 1. The summed E-state index contributed by atoms with van der Waals surface area (Å²) < 4.78 is 38.5. The van der Waals surface area contributed by atoms with Gasteiger partial charge < -0.3 is 5.32 Å². The highest BCUT2D eigenvalue weighted by Gasteiger charge is 2.43. The molecule has 1 heterocycles. The molecule has 0 saturated heterocycles. The van der Waals surface area contributed by atoms with Crippen molar-refractivity contribution in [2.75, 3.05) is 5.32 Å². The maximum atomic E-state index is 12.8. The zero-order valence-electron chi connectivity index (χ0n) is 11.4. The van der Waals surface area contributed by atoms with Crippen molar-refractivity contribution in [2.24, 2.45) is 5.92 Å². The molecular formula is C15H17F3N2O. The number of amides is 1. The van der Waals surface area contributed by atoms with E-state index in [0.717, 1.165) is 11.3 Å². The molecule has 114 valence electrons. The molecule has 3 unspecified atom stereocenters. The van der Waals surface area contributed by atoms with Gasteiger partial charge in [-0.05, 0) is 25.3 Å². The summed E-state index contributed by atoms with van der Waals surface area (Å²) in [5, 5.41) is 5.87. The van der Waals surface area contributed by atoms with Crippen LogP contribution in [0.5, 0.6) is 0 Å². The molecule has 0 radical (unpaired) electrons. The molecular weight excluding hydrogens is 281 g/mol. The Bertz CT molecular complexity index is 544. The Morgan fingerprint density at radius 3 is 2.71 bits per heavy atom. The molecule has 1 fully saturated rings. The molecule has 2 aliphatic rings. The molecule has 1 saturated carbocycles. The first-order valence-electron chi connectivity index (χ1n) is 7.17. The van der Waals surface area contributed by atoms with Gasteiger partial charge in [-0.15, -0.1) is 0 Å². The molecule has 3 rings (SSSR count). The van der Waals surface area contributed by atoms with Crippen molar-refractivity contribution in [3.05, 3.63) is 29.8 Å². The Morgan fingerprint density at radius 2 is 1.95 bits per heavy atom. The average Bonchev–Trinajstić information content (AvgIpc) is 2.75. The molecule has 3 atom stereocenters. The van der Waals surface area contributed by atoms with E-state index in [1.165, 1.54) is 0 Å². The van der Waals surface area contributed by atoms with Crippen molar-refractivity contribution in [3.8, 4) is 0 Å². The van der Waals surface area contributed by atoms with E-state index in [1.807, 2.05) is 18.2 Å². The van der Waals surface area contributed by atoms with Crippen molar-refractivity contribution >= 4 is 11.6 Å². The van der Waals surface area contributed by atoms with Crippen LogP contribution in [0.3, 0.4) is 0 Å². The molecule has 0 bridgehead atoms. The van der Waals surface area contributed by atoms with Gasteiger partial charge in [0.1, 0.15) is 6.04 Å². The maximum absolute atomic E-state index is 12.8. The van der Waals surface area contributed by atoms with Gasteiger partial charge in [0.2, 0.25) is 5.91 Å². The lowest BCUT2D eigenvalue weighted by Gasteiger charge is -2.32. The Morgan fingerprint density at radius 1 is 1.19 bits per heavy atom. The summed E-state index contributed by atoms with van der Waals surface area (Å²) in [6.45, 7) is 0. The summed E-state index contributed by atoms with van der Waals surface area (Å²) in [6.07, 6.45) is -2.68. The molecule has 2 N–H and O–H groups in total. The molecule has 1 aromatic rings. The first-order chi connectivity index (χ1) is 9.95. The fraction of sp³-hybridized carbons (Fsp3) is 0.533. The van der Waals surface area contributed by atoms with Crippen LogP contribution >= 0.6 is 0 Å². The van der Waals surface area contributed by atoms with Gasteiger partial charge in [0, 0.05) is 17.3 Å². The number of carbonyl (C=O) groups is 1. The predicted molar refractivity (Wildman–Crippen MR) is 72.7 cm³/mol. The summed E-state index contributed by atoms with van der Waals surface area (Å²) in [5.74, 6) is -1.45. The van der Waals surface area contributed by atoms with Crippen LogP contribution < -0.4 is 10.6 Å². The van der Waals surface area contributed by atoms with E-state index in [0.29, 0.717) is 12.8 Å². The van der Waals surface area contributed by atoms with Crippen LogP contribution in [0.2, 0.25) is 0 Å². The van der Waals surface area contributed by atoms with Crippen LogP contribution in [0, 0.1) is 5.92 Å². The molecule has 0 aromatic heterocycles. The quantitative estimate of drug-likeness (QED) is 0.878. The van der Waals surface area contributed by atoms with Crippen molar-refractivity contribution in [1.29, 1.82) is 0 Å². The third-order valence-corrected chi connectivity index (χ3v) is 4.33. The molecule has 1 aromatic carbocycles. The summed E-state index contributed by atoms with van der Waals surface area (Å²) in [6, 6.07) is 6.46. The maximum Gasteiger partial charge on any atom is 0.391 e. The number of hydrogen-bond acceptors (Lipinski definition) is 2. The van der Waals surface area contributed by atoms with Gasteiger partial charge in [0.25, 0.3) is 0 Å². The molecule has 6 heteroatoms. The third-order valence-electron chi connectivity index (χ3n) is 4.33. The molecule has 21 heavy (non-hydrogen) atoms. The van der Waals surface area contributed by atoms with Crippen molar-refractivity contribution in [2.45, 2.75) is 43.9 Å². The minimum Gasteiger partial charge on any atom is -0.324 e. The minimum atomic E-state index is -4.14. The topological polar surface area (TPSA) is 41.1 Å². The fourth-order valence-corrected chi connectivity index (χ4v) is 3.25. The smallest absolute Gasteiger partial charge is 0.324 e. The second-order valence-corrected chi connectivity index (χ2v) is 5.78. The standard InChI is InChI=1S/C15H17F3N2O/c16-15(17,18)9-4-3-5-10(8-9)19-13-11-6-1-2-7-12(11)20-14(13)21/h1-2,6-7,9-10,13,19H,3-5,8H2,(H,20,21). The van der Waals surface area contributed by atoms with Gasteiger partial charge in [-0.3, -0.25) is 10.1 Å². The van der Waals surface area contributed by atoms with Gasteiger partial charge in [0.15, 0.2) is 0 Å². The zero-order valence-corrected chi connectivity index (χ0v) is 11.4. The predicted octanol–water partition coefficient (Wildman–Crippen LogP) is 3.39. The van der Waals surface area contributed by atoms with Crippen LogP contribution in [-0.4, -0.2) is 18.1 Å². The van der Waals surface area contributed by atoms with E-state index >= 15 is 0 Å². The highest BCUT2D eigenvalue weighted by atomic mass is 19.4. The normalized spacial score (nSPS) is 29.1. The summed E-state index contributed by atoms with van der Waals surface area (Å²) in [5.41, 5.74) is 1.56. The lowest BCUT2D eigenvalue weighted by Crippen LogP contribution is -2.42. The lowest BCUT2D eigenvalue weighted by atomic mass is 9.84. The summed E-state index contributed by atoms with van der Waals surface area (Å²) in [4.78, 5) is 12.0. The van der Waals surface area contributed by atoms with E-state index in [9.17, 15) is 18.0 Å². The van der Waals surface area contributed by atoms with E-state index in [-0.39, 0.29) is 24.8 Å². The number of nitrogens with one attached hydrogen (secondary N) is 2. The number of carbonyl (C=O) groups excluding carboxylic acids is 1. The second-order valence-electron chi connectivity index (χ2n) is 5.78.